The summed E-state index contributed by atoms with van der Waals surface area (Å²) in [5, 5.41) is 3.84. The zero-order chi connectivity index (χ0) is 17.3. The average Bonchev–Trinajstić information content (AvgIpc) is 2.96. The number of hydrogen-bond donors (Lipinski definition) is 1. The molecule has 1 aromatic heterocycles. The van der Waals surface area contributed by atoms with E-state index in [1.165, 1.54) is 0 Å². The second-order valence-corrected chi connectivity index (χ2v) is 7.44. The topological polar surface area (TPSA) is 72.2 Å². The van der Waals surface area contributed by atoms with E-state index in [0.717, 1.165) is 11.3 Å². The van der Waals surface area contributed by atoms with Gasteiger partial charge in [-0.25, -0.2) is 8.42 Å². The van der Waals surface area contributed by atoms with Crippen LogP contribution >= 0.6 is 0 Å². The summed E-state index contributed by atoms with van der Waals surface area (Å²) in [5.41, 5.74) is 3.67. The van der Waals surface area contributed by atoms with Gasteiger partial charge >= 0.3 is 0 Å². The van der Waals surface area contributed by atoms with Crippen LogP contribution < -0.4 is 4.72 Å². The van der Waals surface area contributed by atoms with Crippen LogP contribution in [0.5, 0.6) is 0 Å². The number of rotatable bonds is 4. The highest BCUT2D eigenvalue weighted by Crippen LogP contribution is 2.27. The van der Waals surface area contributed by atoms with Crippen LogP contribution in [-0.4, -0.2) is 13.6 Å². The van der Waals surface area contributed by atoms with Crippen molar-refractivity contribution in [1.82, 2.24) is 5.16 Å². The van der Waals surface area contributed by atoms with Crippen molar-refractivity contribution in [2.24, 2.45) is 0 Å². The number of aromatic nitrogens is 1. The summed E-state index contributed by atoms with van der Waals surface area (Å²) in [7, 11) is -3.69. The minimum atomic E-state index is -3.69. The van der Waals surface area contributed by atoms with E-state index in [2.05, 4.69) is 9.88 Å². The Balaban J connectivity index is 1.99. The lowest BCUT2D eigenvalue weighted by Crippen LogP contribution is -2.14. The van der Waals surface area contributed by atoms with Gasteiger partial charge in [-0.3, -0.25) is 4.72 Å². The number of hydrogen-bond acceptors (Lipinski definition) is 4. The quantitative estimate of drug-likeness (QED) is 0.776. The van der Waals surface area contributed by atoms with Gasteiger partial charge in [-0.05, 0) is 44.5 Å². The molecule has 1 heterocycles. The van der Waals surface area contributed by atoms with Crippen molar-refractivity contribution in [2.75, 3.05) is 4.72 Å². The molecule has 0 aliphatic heterocycles. The van der Waals surface area contributed by atoms with E-state index in [9.17, 15) is 8.42 Å². The summed E-state index contributed by atoms with van der Waals surface area (Å²) in [6, 6.07) is 14.2. The fourth-order valence-corrected chi connectivity index (χ4v) is 3.70. The van der Waals surface area contributed by atoms with Crippen molar-refractivity contribution in [1.29, 1.82) is 0 Å². The lowest BCUT2D eigenvalue weighted by atomic mass is 10.1. The van der Waals surface area contributed by atoms with Gasteiger partial charge in [0, 0.05) is 17.3 Å². The number of sulfonamides is 1. The van der Waals surface area contributed by atoms with Crippen molar-refractivity contribution in [3.63, 3.8) is 0 Å². The molecule has 0 radical (unpaired) electrons. The van der Waals surface area contributed by atoms with Crippen LogP contribution in [0.2, 0.25) is 0 Å². The maximum Gasteiger partial charge on any atom is 0.262 e. The van der Waals surface area contributed by atoms with Crippen LogP contribution in [0.15, 0.2) is 57.9 Å². The standard InChI is InChI=1S/C18H18N2O3S/c1-12-4-8-16(9-5-12)20-24(21,22)18-11-15(7-6-13(18)2)17-10-14(3)19-23-17/h4-11,20H,1-3H3. The molecule has 1 N–H and O–H groups in total. The number of benzene rings is 2. The number of anilines is 1. The highest BCUT2D eigenvalue weighted by atomic mass is 32.2. The molecule has 6 heteroatoms. The minimum absolute atomic E-state index is 0.217. The Bertz CT molecular complexity index is 974. The lowest BCUT2D eigenvalue weighted by molar-refractivity contribution is 0.427. The Hall–Kier alpha value is -2.60. The normalized spacial score (nSPS) is 11.5. The first kappa shape index (κ1) is 16.3. The van der Waals surface area contributed by atoms with Gasteiger partial charge in [-0.2, -0.15) is 0 Å². The van der Waals surface area contributed by atoms with Crippen molar-refractivity contribution in [3.05, 3.63) is 65.4 Å². The minimum Gasteiger partial charge on any atom is -0.356 e. The van der Waals surface area contributed by atoms with Gasteiger partial charge in [-0.15, -0.1) is 0 Å². The third kappa shape index (κ3) is 3.33. The molecule has 0 amide bonds. The molecule has 0 fully saturated rings. The van der Waals surface area contributed by atoms with E-state index >= 15 is 0 Å². The van der Waals surface area contributed by atoms with E-state index in [0.29, 0.717) is 22.6 Å². The van der Waals surface area contributed by atoms with Crippen LogP contribution in [0.25, 0.3) is 11.3 Å². The highest BCUT2D eigenvalue weighted by Gasteiger charge is 2.19. The van der Waals surface area contributed by atoms with E-state index in [1.54, 1.807) is 37.3 Å². The predicted octanol–water partition coefficient (Wildman–Crippen LogP) is 4.07. The van der Waals surface area contributed by atoms with Gasteiger partial charge in [-0.1, -0.05) is 35.0 Å². The molecule has 3 aromatic rings. The third-order valence-corrected chi connectivity index (χ3v) is 5.22. The smallest absolute Gasteiger partial charge is 0.262 e. The maximum atomic E-state index is 12.7. The molecule has 0 atom stereocenters. The molecule has 5 nitrogen and oxygen atoms in total. The molecule has 24 heavy (non-hydrogen) atoms. The second kappa shape index (κ2) is 6.13. The van der Waals surface area contributed by atoms with E-state index < -0.39 is 10.0 Å². The molecular weight excluding hydrogens is 324 g/mol. The number of nitrogens with zero attached hydrogens (tertiary/aromatic N) is 1. The Morgan fingerprint density at radius 3 is 2.29 bits per heavy atom. The Morgan fingerprint density at radius 1 is 0.958 bits per heavy atom. The van der Waals surface area contributed by atoms with Crippen molar-refractivity contribution < 1.29 is 12.9 Å². The molecule has 0 saturated heterocycles. The summed E-state index contributed by atoms with van der Waals surface area (Å²) in [6.07, 6.45) is 0. The summed E-state index contributed by atoms with van der Waals surface area (Å²) in [6.45, 7) is 5.53. The summed E-state index contributed by atoms with van der Waals surface area (Å²) >= 11 is 0. The highest BCUT2D eigenvalue weighted by molar-refractivity contribution is 7.92. The van der Waals surface area contributed by atoms with Crippen LogP contribution in [0, 0.1) is 20.8 Å². The SMILES string of the molecule is Cc1ccc(NS(=O)(=O)c2cc(-c3cc(C)no3)ccc2C)cc1. The zero-order valence-corrected chi connectivity index (χ0v) is 14.5. The first-order valence-electron chi connectivity index (χ1n) is 7.49. The number of aryl methyl sites for hydroxylation is 3. The van der Waals surface area contributed by atoms with Gasteiger partial charge in [0.25, 0.3) is 10.0 Å². The van der Waals surface area contributed by atoms with Gasteiger partial charge in [0.15, 0.2) is 5.76 Å². The van der Waals surface area contributed by atoms with E-state index in [1.807, 2.05) is 32.0 Å². The van der Waals surface area contributed by atoms with Crippen molar-refractivity contribution in [2.45, 2.75) is 25.7 Å². The summed E-state index contributed by atoms with van der Waals surface area (Å²) < 4.78 is 33.3. The first-order chi connectivity index (χ1) is 11.3. The molecule has 0 bridgehead atoms. The second-order valence-electron chi connectivity index (χ2n) is 5.78. The van der Waals surface area contributed by atoms with Crippen molar-refractivity contribution in [3.8, 4) is 11.3 Å². The van der Waals surface area contributed by atoms with Crippen LogP contribution in [-0.2, 0) is 10.0 Å². The van der Waals surface area contributed by atoms with Gasteiger partial charge in [0.1, 0.15) is 0 Å². The molecule has 0 unspecified atom stereocenters. The van der Waals surface area contributed by atoms with E-state index in [4.69, 9.17) is 4.52 Å². The molecule has 2 aromatic carbocycles. The molecule has 124 valence electrons. The van der Waals surface area contributed by atoms with Gasteiger partial charge in [0.2, 0.25) is 0 Å². The Labute approximate surface area is 141 Å². The molecule has 0 spiro atoms. The van der Waals surface area contributed by atoms with Crippen LogP contribution in [0.4, 0.5) is 5.69 Å². The Kier molecular flexibility index (Phi) is 4.15. The first-order valence-corrected chi connectivity index (χ1v) is 8.97. The molecular formula is C18H18N2O3S. The molecule has 3 rings (SSSR count). The van der Waals surface area contributed by atoms with Gasteiger partial charge in [0.05, 0.1) is 10.6 Å². The zero-order valence-electron chi connectivity index (χ0n) is 13.7. The molecule has 0 aliphatic rings. The van der Waals surface area contributed by atoms with E-state index in [-0.39, 0.29) is 4.90 Å². The Morgan fingerprint density at radius 2 is 1.67 bits per heavy atom. The van der Waals surface area contributed by atoms with Gasteiger partial charge < -0.3 is 4.52 Å². The van der Waals surface area contributed by atoms with Crippen LogP contribution in [0.3, 0.4) is 0 Å². The fraction of sp³-hybridized carbons (Fsp3) is 0.167. The fourth-order valence-electron chi connectivity index (χ4n) is 2.37. The number of nitrogens with one attached hydrogen (secondary N) is 1. The molecule has 0 saturated carbocycles. The van der Waals surface area contributed by atoms with Crippen molar-refractivity contribution >= 4 is 15.7 Å². The maximum absolute atomic E-state index is 12.7. The monoisotopic (exact) mass is 342 g/mol. The summed E-state index contributed by atoms with van der Waals surface area (Å²) in [4.78, 5) is 0.217. The predicted molar refractivity (Wildman–Crippen MR) is 93.4 cm³/mol. The summed E-state index contributed by atoms with van der Waals surface area (Å²) in [5.74, 6) is 0.541. The largest absolute Gasteiger partial charge is 0.356 e. The lowest BCUT2D eigenvalue weighted by Gasteiger charge is -2.11. The van der Waals surface area contributed by atoms with Crippen LogP contribution in [0.1, 0.15) is 16.8 Å². The third-order valence-electron chi connectivity index (χ3n) is 3.69. The average molecular weight is 342 g/mol. The molecule has 0 aliphatic carbocycles.